The third kappa shape index (κ3) is 2.14. The maximum absolute atomic E-state index is 11.9. The molecule has 0 aliphatic heterocycles. The Hall–Kier alpha value is -2.10. The molecule has 2 rings (SSSR count). The van der Waals surface area contributed by atoms with Gasteiger partial charge in [0.2, 0.25) is 0 Å². The minimum atomic E-state index is -0.926. The van der Waals surface area contributed by atoms with E-state index in [4.69, 9.17) is 0 Å². The molecular weight excluding hydrogens is 242 g/mol. The van der Waals surface area contributed by atoms with Crippen molar-refractivity contribution in [2.24, 2.45) is 0 Å². The highest BCUT2D eigenvalue weighted by atomic mass is 16.4. The number of carbonyl (C=O) groups is 1. The van der Waals surface area contributed by atoms with E-state index >= 15 is 0 Å². The first kappa shape index (κ1) is 13.3. The van der Waals surface area contributed by atoms with Crippen LogP contribution in [0.25, 0.3) is 10.9 Å². The molecule has 0 unspecified atom stereocenters. The molecule has 4 nitrogen and oxygen atoms in total. The zero-order chi connectivity index (χ0) is 14.2. The van der Waals surface area contributed by atoms with Crippen LogP contribution in [0.3, 0.4) is 0 Å². The molecule has 0 saturated heterocycles. The summed E-state index contributed by atoms with van der Waals surface area (Å²) in [5, 5.41) is 10.1. The largest absolute Gasteiger partial charge is 0.478 e. The fourth-order valence-electron chi connectivity index (χ4n) is 2.56. The van der Waals surface area contributed by atoms with Crippen molar-refractivity contribution in [2.75, 3.05) is 0 Å². The van der Waals surface area contributed by atoms with Gasteiger partial charge in [-0.1, -0.05) is 6.92 Å². The van der Waals surface area contributed by atoms with E-state index in [0.717, 1.165) is 17.3 Å². The van der Waals surface area contributed by atoms with Crippen LogP contribution in [-0.4, -0.2) is 15.6 Å². The second-order valence-electron chi connectivity index (χ2n) is 4.75. The molecule has 0 bridgehead atoms. The fourth-order valence-corrected chi connectivity index (χ4v) is 2.56. The van der Waals surface area contributed by atoms with Crippen LogP contribution < -0.4 is 5.56 Å². The summed E-state index contributed by atoms with van der Waals surface area (Å²) >= 11 is 0. The van der Waals surface area contributed by atoms with E-state index in [-0.39, 0.29) is 5.56 Å². The van der Waals surface area contributed by atoms with Crippen molar-refractivity contribution < 1.29 is 9.90 Å². The van der Waals surface area contributed by atoms with Crippen LogP contribution >= 0.6 is 0 Å². The summed E-state index contributed by atoms with van der Waals surface area (Å²) in [5.74, 6) is -0.926. The Bertz CT molecular complexity index is 713. The predicted octanol–water partition coefficient (Wildman–Crippen LogP) is 2.73. The fraction of sp³-hybridized carbons (Fsp3) is 0.333. The van der Waals surface area contributed by atoms with Gasteiger partial charge >= 0.3 is 5.97 Å². The molecule has 1 aromatic heterocycles. The number of pyridine rings is 1. The van der Waals surface area contributed by atoms with E-state index in [9.17, 15) is 14.7 Å². The molecule has 4 heteroatoms. The molecule has 1 aromatic carbocycles. The van der Waals surface area contributed by atoms with Crippen molar-refractivity contribution in [2.45, 2.75) is 33.7 Å². The standard InChI is InChI=1S/C15H17NO3/c1-4-7-16-12-8-9(2)14(15(18)19)10(3)11(12)5-6-13(16)17/h5-6,8H,4,7H2,1-3H3,(H,18,19). The van der Waals surface area contributed by atoms with E-state index in [1.165, 1.54) is 6.07 Å². The zero-order valence-electron chi connectivity index (χ0n) is 11.4. The third-order valence-electron chi connectivity index (χ3n) is 3.41. The smallest absolute Gasteiger partial charge is 0.336 e. The number of carboxylic acid groups (broad SMARTS) is 1. The van der Waals surface area contributed by atoms with Gasteiger partial charge in [-0.2, -0.15) is 0 Å². The molecule has 100 valence electrons. The van der Waals surface area contributed by atoms with Crippen molar-refractivity contribution in [3.8, 4) is 0 Å². The topological polar surface area (TPSA) is 59.3 Å². The van der Waals surface area contributed by atoms with E-state index in [2.05, 4.69) is 0 Å². The lowest BCUT2D eigenvalue weighted by Gasteiger charge is -2.14. The quantitative estimate of drug-likeness (QED) is 0.922. The van der Waals surface area contributed by atoms with Gasteiger partial charge in [0.05, 0.1) is 11.1 Å². The molecule has 2 aromatic rings. The number of carboxylic acids is 1. The lowest BCUT2D eigenvalue weighted by atomic mass is 9.98. The first-order valence-corrected chi connectivity index (χ1v) is 6.34. The van der Waals surface area contributed by atoms with E-state index in [1.54, 1.807) is 30.5 Å². The monoisotopic (exact) mass is 259 g/mol. The number of rotatable bonds is 3. The molecule has 19 heavy (non-hydrogen) atoms. The first-order valence-electron chi connectivity index (χ1n) is 6.34. The van der Waals surface area contributed by atoms with Crippen LogP contribution in [0.2, 0.25) is 0 Å². The van der Waals surface area contributed by atoms with Gasteiger partial charge in [0.15, 0.2) is 0 Å². The molecule has 0 aliphatic rings. The normalized spacial score (nSPS) is 10.9. The van der Waals surface area contributed by atoms with Crippen LogP contribution in [0.1, 0.15) is 34.8 Å². The third-order valence-corrected chi connectivity index (χ3v) is 3.41. The highest BCUT2D eigenvalue weighted by molar-refractivity contribution is 5.98. The van der Waals surface area contributed by atoms with Gasteiger partial charge in [-0.25, -0.2) is 4.79 Å². The van der Waals surface area contributed by atoms with Gasteiger partial charge in [-0.3, -0.25) is 4.79 Å². The first-order chi connectivity index (χ1) is 8.97. The minimum absolute atomic E-state index is 0.0452. The number of aryl methyl sites for hydroxylation is 3. The van der Waals surface area contributed by atoms with E-state index in [1.807, 2.05) is 6.92 Å². The maximum Gasteiger partial charge on any atom is 0.336 e. The van der Waals surface area contributed by atoms with Gasteiger partial charge in [0.25, 0.3) is 5.56 Å². The average Bonchev–Trinajstić information content (AvgIpc) is 2.32. The SMILES string of the molecule is CCCn1c(=O)ccc2c(C)c(C(=O)O)c(C)cc21. The Kier molecular flexibility index (Phi) is 3.42. The highest BCUT2D eigenvalue weighted by Crippen LogP contribution is 2.24. The predicted molar refractivity (Wildman–Crippen MR) is 74.9 cm³/mol. The summed E-state index contributed by atoms with van der Waals surface area (Å²) in [6.45, 7) is 6.21. The number of aromatic nitrogens is 1. The summed E-state index contributed by atoms with van der Waals surface area (Å²) in [6, 6.07) is 5.01. The van der Waals surface area contributed by atoms with Crippen LogP contribution in [0.5, 0.6) is 0 Å². The molecule has 0 amide bonds. The lowest BCUT2D eigenvalue weighted by molar-refractivity contribution is 0.0695. The van der Waals surface area contributed by atoms with Crippen molar-refractivity contribution >= 4 is 16.9 Å². The molecule has 0 fully saturated rings. The van der Waals surface area contributed by atoms with E-state index < -0.39 is 5.97 Å². The lowest BCUT2D eigenvalue weighted by Crippen LogP contribution is -2.20. The Morgan fingerprint density at radius 3 is 2.58 bits per heavy atom. The molecule has 0 atom stereocenters. The number of benzene rings is 1. The number of aromatic carboxylic acids is 1. The second-order valence-corrected chi connectivity index (χ2v) is 4.75. The van der Waals surface area contributed by atoms with Crippen molar-refractivity contribution in [3.63, 3.8) is 0 Å². The van der Waals surface area contributed by atoms with Gasteiger partial charge in [-0.15, -0.1) is 0 Å². The van der Waals surface area contributed by atoms with Crippen LogP contribution in [0.15, 0.2) is 23.0 Å². The number of hydrogen-bond donors (Lipinski definition) is 1. The molecule has 1 N–H and O–H groups in total. The van der Waals surface area contributed by atoms with Crippen LogP contribution in [0, 0.1) is 13.8 Å². The molecule has 1 heterocycles. The summed E-state index contributed by atoms with van der Waals surface area (Å²) in [6.07, 6.45) is 0.859. The average molecular weight is 259 g/mol. The van der Waals surface area contributed by atoms with Gasteiger partial charge in [0.1, 0.15) is 0 Å². The van der Waals surface area contributed by atoms with Crippen LogP contribution in [0.4, 0.5) is 0 Å². The minimum Gasteiger partial charge on any atom is -0.478 e. The number of hydrogen-bond acceptors (Lipinski definition) is 2. The summed E-state index contributed by atoms with van der Waals surface area (Å²) < 4.78 is 1.71. The summed E-state index contributed by atoms with van der Waals surface area (Å²) in [5.41, 5.74) is 2.50. The maximum atomic E-state index is 11.9. The van der Waals surface area contributed by atoms with Crippen molar-refractivity contribution in [3.05, 3.63) is 45.2 Å². The van der Waals surface area contributed by atoms with Gasteiger partial charge in [-0.05, 0) is 43.5 Å². The summed E-state index contributed by atoms with van der Waals surface area (Å²) in [7, 11) is 0. The Morgan fingerprint density at radius 2 is 2.00 bits per heavy atom. The van der Waals surface area contributed by atoms with Crippen LogP contribution in [-0.2, 0) is 6.54 Å². The molecule has 0 spiro atoms. The number of nitrogens with zero attached hydrogens (tertiary/aromatic N) is 1. The highest BCUT2D eigenvalue weighted by Gasteiger charge is 2.15. The van der Waals surface area contributed by atoms with E-state index in [0.29, 0.717) is 23.2 Å². The second kappa shape index (κ2) is 4.88. The Morgan fingerprint density at radius 1 is 1.32 bits per heavy atom. The zero-order valence-corrected chi connectivity index (χ0v) is 11.4. The van der Waals surface area contributed by atoms with Gasteiger partial charge in [0, 0.05) is 18.0 Å². The number of fused-ring (bicyclic) bond motifs is 1. The molecule has 0 saturated carbocycles. The summed E-state index contributed by atoms with van der Waals surface area (Å²) in [4.78, 5) is 23.2. The van der Waals surface area contributed by atoms with Crippen molar-refractivity contribution in [1.29, 1.82) is 0 Å². The van der Waals surface area contributed by atoms with Gasteiger partial charge < -0.3 is 9.67 Å². The van der Waals surface area contributed by atoms with Crippen molar-refractivity contribution in [1.82, 2.24) is 4.57 Å². The molecular formula is C15H17NO3. The molecule has 0 aliphatic carbocycles. The Labute approximate surface area is 111 Å². The molecule has 0 radical (unpaired) electrons. The Balaban J connectivity index is 2.91.